The third-order valence-electron chi connectivity index (χ3n) is 3.59. The highest BCUT2D eigenvalue weighted by molar-refractivity contribution is 7.98. The van der Waals surface area contributed by atoms with Crippen LogP contribution < -0.4 is 11.1 Å². The molecule has 26 heavy (non-hydrogen) atoms. The van der Waals surface area contributed by atoms with Crippen LogP contribution in [0.15, 0.2) is 63.7 Å². The summed E-state index contributed by atoms with van der Waals surface area (Å²) in [7, 11) is 0. The lowest BCUT2D eigenvalue weighted by molar-refractivity contribution is 0.651. The molecule has 0 unspecified atom stereocenters. The molecule has 0 bridgehead atoms. The van der Waals surface area contributed by atoms with Crippen molar-refractivity contribution in [3.8, 4) is 5.82 Å². The molecule has 0 spiro atoms. The molecule has 0 aliphatic carbocycles. The fourth-order valence-corrected chi connectivity index (χ4v) is 3.40. The lowest BCUT2D eigenvalue weighted by atomic mass is 10.2. The Morgan fingerprint density at radius 3 is 2.69 bits per heavy atom. The molecule has 8 nitrogen and oxygen atoms in total. The molecule has 0 amide bonds. The zero-order chi connectivity index (χ0) is 18.1. The molecule has 0 atom stereocenters. The van der Waals surface area contributed by atoms with Gasteiger partial charge in [-0.15, -0.1) is 9.73 Å². The Morgan fingerprint density at radius 1 is 1.15 bits per heavy atom. The number of nitrogens with zero attached hydrogens (tertiary/aromatic N) is 5. The Labute approximate surface area is 155 Å². The average molecular weight is 387 g/mol. The van der Waals surface area contributed by atoms with Gasteiger partial charge in [0.1, 0.15) is 0 Å². The standard InChI is InChI=1S/C16H11ClN6O2S/c17-11-3-1-10(2-4-11)9-26-16-21-23-12(5-6-20-23)15(25)22(16)13-7-19-14(24)8-18-13/h1-8H,9H2,(H,19,24). The smallest absolute Gasteiger partial charge is 0.286 e. The Morgan fingerprint density at radius 2 is 1.96 bits per heavy atom. The van der Waals surface area contributed by atoms with Gasteiger partial charge >= 0.3 is 0 Å². The van der Waals surface area contributed by atoms with Gasteiger partial charge in [-0.3, -0.25) is 9.59 Å². The summed E-state index contributed by atoms with van der Waals surface area (Å²) in [6.07, 6.45) is 4.00. The summed E-state index contributed by atoms with van der Waals surface area (Å²) in [5, 5.41) is 9.50. The van der Waals surface area contributed by atoms with Gasteiger partial charge in [0.05, 0.1) is 12.4 Å². The summed E-state index contributed by atoms with van der Waals surface area (Å²) >= 11 is 7.26. The van der Waals surface area contributed by atoms with Gasteiger partial charge in [0.15, 0.2) is 16.5 Å². The number of rotatable bonds is 4. The average Bonchev–Trinajstić information content (AvgIpc) is 3.11. The zero-order valence-corrected chi connectivity index (χ0v) is 14.7. The SMILES string of the molecule is O=c1cnc(-n2c(SCc3ccc(Cl)cc3)nn3nccc3c2=O)c[nH]1. The molecule has 10 heteroatoms. The lowest BCUT2D eigenvalue weighted by Crippen LogP contribution is -2.26. The van der Waals surface area contributed by atoms with Crippen LogP contribution in [0.5, 0.6) is 0 Å². The van der Waals surface area contributed by atoms with Gasteiger partial charge < -0.3 is 4.98 Å². The molecule has 130 valence electrons. The Kier molecular flexibility index (Phi) is 4.31. The minimum atomic E-state index is -0.351. The van der Waals surface area contributed by atoms with Gasteiger partial charge in [-0.1, -0.05) is 35.5 Å². The maximum atomic E-state index is 12.9. The van der Waals surface area contributed by atoms with E-state index in [4.69, 9.17) is 11.6 Å². The number of aromatic amines is 1. The molecular weight excluding hydrogens is 376 g/mol. The molecule has 3 heterocycles. The Bertz CT molecular complexity index is 1180. The molecule has 0 fully saturated rings. The quantitative estimate of drug-likeness (QED) is 0.538. The topological polar surface area (TPSA) is 97.9 Å². The van der Waals surface area contributed by atoms with Crippen molar-refractivity contribution < 1.29 is 0 Å². The first kappa shape index (κ1) is 16.6. The highest BCUT2D eigenvalue weighted by atomic mass is 35.5. The van der Waals surface area contributed by atoms with E-state index in [1.165, 1.54) is 33.4 Å². The fraction of sp³-hybridized carbons (Fsp3) is 0.0625. The van der Waals surface area contributed by atoms with Gasteiger partial charge in [0.25, 0.3) is 11.1 Å². The van der Waals surface area contributed by atoms with Crippen LogP contribution in [-0.4, -0.2) is 29.4 Å². The van der Waals surface area contributed by atoms with Crippen molar-refractivity contribution in [2.75, 3.05) is 0 Å². The summed E-state index contributed by atoms with van der Waals surface area (Å²) in [4.78, 5) is 30.7. The van der Waals surface area contributed by atoms with Gasteiger partial charge in [-0.05, 0) is 23.8 Å². The first-order chi connectivity index (χ1) is 12.6. The van der Waals surface area contributed by atoms with E-state index in [0.29, 0.717) is 21.4 Å². The number of H-pyrrole nitrogens is 1. The molecular formula is C16H11ClN6O2S. The summed E-state index contributed by atoms with van der Waals surface area (Å²) < 4.78 is 2.64. The maximum absolute atomic E-state index is 12.9. The zero-order valence-electron chi connectivity index (χ0n) is 13.2. The van der Waals surface area contributed by atoms with Crippen molar-refractivity contribution >= 4 is 28.9 Å². The second kappa shape index (κ2) is 6.77. The van der Waals surface area contributed by atoms with Gasteiger partial charge in [0.2, 0.25) is 0 Å². The molecule has 4 aromatic rings. The van der Waals surface area contributed by atoms with Crippen molar-refractivity contribution in [3.05, 3.63) is 80.2 Å². The predicted octanol–water partition coefficient (Wildman–Crippen LogP) is 1.91. The van der Waals surface area contributed by atoms with Crippen LogP contribution in [0.3, 0.4) is 0 Å². The number of halogens is 1. The molecule has 0 saturated heterocycles. The predicted molar refractivity (Wildman–Crippen MR) is 98.0 cm³/mol. The highest BCUT2D eigenvalue weighted by Gasteiger charge is 2.15. The van der Waals surface area contributed by atoms with E-state index in [1.807, 2.05) is 12.1 Å². The second-order valence-electron chi connectivity index (χ2n) is 5.31. The third kappa shape index (κ3) is 3.14. The number of fused-ring (bicyclic) bond motifs is 1. The molecule has 3 aromatic heterocycles. The molecule has 1 aromatic carbocycles. The van der Waals surface area contributed by atoms with Crippen molar-refractivity contribution in [1.82, 2.24) is 29.4 Å². The van der Waals surface area contributed by atoms with Crippen LogP contribution in [0, 0.1) is 0 Å². The van der Waals surface area contributed by atoms with Crippen molar-refractivity contribution in [2.45, 2.75) is 10.9 Å². The van der Waals surface area contributed by atoms with E-state index in [0.717, 1.165) is 11.8 Å². The number of hydrogen-bond donors (Lipinski definition) is 1. The van der Waals surface area contributed by atoms with Crippen molar-refractivity contribution in [3.63, 3.8) is 0 Å². The molecule has 0 aliphatic rings. The summed E-state index contributed by atoms with van der Waals surface area (Å²) in [6, 6.07) is 8.99. The first-order valence-corrected chi connectivity index (χ1v) is 8.87. The minimum absolute atomic E-state index is 0.282. The number of benzene rings is 1. The van der Waals surface area contributed by atoms with Gasteiger partial charge in [-0.2, -0.15) is 5.10 Å². The monoisotopic (exact) mass is 386 g/mol. The number of hydrogen-bond acceptors (Lipinski definition) is 6. The minimum Gasteiger partial charge on any atom is -0.324 e. The summed E-state index contributed by atoms with van der Waals surface area (Å²) in [5.74, 6) is 0.851. The van der Waals surface area contributed by atoms with Crippen LogP contribution in [0.25, 0.3) is 11.3 Å². The summed E-state index contributed by atoms with van der Waals surface area (Å²) in [6.45, 7) is 0. The highest BCUT2D eigenvalue weighted by Crippen LogP contribution is 2.22. The van der Waals surface area contributed by atoms with E-state index in [2.05, 4.69) is 20.2 Å². The first-order valence-electron chi connectivity index (χ1n) is 7.51. The molecule has 4 rings (SSSR count). The lowest BCUT2D eigenvalue weighted by Gasteiger charge is -2.10. The van der Waals surface area contributed by atoms with Crippen molar-refractivity contribution in [2.24, 2.45) is 0 Å². The largest absolute Gasteiger partial charge is 0.324 e. The molecule has 0 radical (unpaired) electrons. The van der Waals surface area contributed by atoms with E-state index >= 15 is 0 Å². The summed E-state index contributed by atoms with van der Waals surface area (Å²) in [5.41, 5.74) is 0.662. The number of aromatic nitrogens is 6. The van der Waals surface area contributed by atoms with Gasteiger partial charge in [-0.25, -0.2) is 9.55 Å². The van der Waals surface area contributed by atoms with Crippen LogP contribution in [0.2, 0.25) is 5.02 Å². The number of nitrogens with one attached hydrogen (secondary N) is 1. The van der Waals surface area contributed by atoms with Crippen LogP contribution >= 0.6 is 23.4 Å². The molecule has 1 N–H and O–H groups in total. The van der Waals surface area contributed by atoms with Crippen LogP contribution in [0.4, 0.5) is 0 Å². The molecule has 0 aliphatic heterocycles. The van der Waals surface area contributed by atoms with Crippen LogP contribution in [0.1, 0.15) is 5.56 Å². The number of thioether (sulfide) groups is 1. The van der Waals surface area contributed by atoms with Crippen LogP contribution in [-0.2, 0) is 5.75 Å². The van der Waals surface area contributed by atoms with E-state index < -0.39 is 0 Å². The normalized spacial score (nSPS) is 11.1. The Balaban J connectivity index is 1.80. The van der Waals surface area contributed by atoms with E-state index in [9.17, 15) is 9.59 Å². The van der Waals surface area contributed by atoms with Gasteiger partial charge in [0, 0.05) is 17.0 Å². The molecule has 0 saturated carbocycles. The second-order valence-corrected chi connectivity index (χ2v) is 6.69. The third-order valence-corrected chi connectivity index (χ3v) is 4.84. The maximum Gasteiger partial charge on any atom is 0.286 e. The fourth-order valence-electron chi connectivity index (χ4n) is 2.34. The van der Waals surface area contributed by atoms with E-state index in [-0.39, 0.29) is 16.9 Å². The van der Waals surface area contributed by atoms with Crippen molar-refractivity contribution in [1.29, 1.82) is 0 Å². The Hall–Kier alpha value is -2.91. The van der Waals surface area contributed by atoms with E-state index in [1.54, 1.807) is 18.2 Å².